The van der Waals surface area contributed by atoms with Gasteiger partial charge in [0.05, 0.1) is 6.54 Å². The van der Waals surface area contributed by atoms with Crippen molar-refractivity contribution in [3.63, 3.8) is 0 Å². The summed E-state index contributed by atoms with van der Waals surface area (Å²) in [4.78, 5) is 4.49. The fourth-order valence-electron chi connectivity index (χ4n) is 2.77. The number of amidine groups is 1. The number of benzene rings is 1. The first-order valence-corrected chi connectivity index (χ1v) is 6.30. The molecule has 1 aromatic rings. The van der Waals surface area contributed by atoms with Gasteiger partial charge >= 0.3 is 0 Å². The fraction of sp³-hybridized carbons (Fsp3) is 0.500. The largest absolute Gasteiger partial charge is 0.372 e. The molecule has 0 fully saturated rings. The second-order valence-corrected chi connectivity index (χ2v) is 4.69. The quantitative estimate of drug-likeness (QED) is 0.801. The van der Waals surface area contributed by atoms with Gasteiger partial charge < -0.3 is 5.32 Å². The van der Waals surface area contributed by atoms with Crippen LogP contribution in [0.25, 0.3) is 0 Å². The van der Waals surface area contributed by atoms with Crippen LogP contribution in [0.3, 0.4) is 0 Å². The third kappa shape index (κ3) is 1.84. The highest BCUT2D eigenvalue weighted by Crippen LogP contribution is 2.24. The van der Waals surface area contributed by atoms with Crippen molar-refractivity contribution in [2.45, 2.75) is 32.1 Å². The number of nitrogens with one attached hydrogen (secondary N) is 1. The molecule has 0 saturated carbocycles. The van der Waals surface area contributed by atoms with Crippen LogP contribution in [0, 0.1) is 0 Å². The van der Waals surface area contributed by atoms with Gasteiger partial charge in [-0.15, -0.1) is 0 Å². The Kier molecular flexibility index (Phi) is 2.65. The number of rotatable bonds is 2. The van der Waals surface area contributed by atoms with Crippen molar-refractivity contribution in [3.05, 3.63) is 34.9 Å². The Morgan fingerprint density at radius 2 is 2.12 bits per heavy atom. The van der Waals surface area contributed by atoms with Gasteiger partial charge in [0, 0.05) is 13.0 Å². The first kappa shape index (κ1) is 9.88. The van der Waals surface area contributed by atoms with E-state index in [1.54, 1.807) is 11.1 Å². The van der Waals surface area contributed by atoms with Gasteiger partial charge in [0.25, 0.3) is 0 Å². The lowest BCUT2D eigenvalue weighted by Crippen LogP contribution is -2.21. The second-order valence-electron chi connectivity index (χ2n) is 4.69. The monoisotopic (exact) mass is 214 g/mol. The van der Waals surface area contributed by atoms with Crippen LogP contribution in [0.1, 0.15) is 29.5 Å². The maximum absolute atomic E-state index is 4.49. The van der Waals surface area contributed by atoms with E-state index in [0.717, 1.165) is 19.5 Å². The summed E-state index contributed by atoms with van der Waals surface area (Å²) in [5, 5.41) is 3.36. The van der Waals surface area contributed by atoms with Gasteiger partial charge in [-0.3, -0.25) is 4.99 Å². The lowest BCUT2D eigenvalue weighted by Gasteiger charge is -2.19. The Balaban J connectivity index is 1.88. The van der Waals surface area contributed by atoms with E-state index in [0.29, 0.717) is 0 Å². The molecule has 0 radical (unpaired) electrons. The Hall–Kier alpha value is -1.31. The molecule has 16 heavy (non-hydrogen) atoms. The summed E-state index contributed by atoms with van der Waals surface area (Å²) >= 11 is 0. The fourth-order valence-corrected chi connectivity index (χ4v) is 2.77. The highest BCUT2D eigenvalue weighted by molar-refractivity contribution is 5.86. The van der Waals surface area contributed by atoms with Crippen LogP contribution in [0.5, 0.6) is 0 Å². The normalized spacial score (nSPS) is 18.9. The average Bonchev–Trinajstić information content (AvgIpc) is 2.82. The van der Waals surface area contributed by atoms with Gasteiger partial charge in [0.2, 0.25) is 0 Å². The van der Waals surface area contributed by atoms with Crippen LogP contribution in [-0.2, 0) is 19.3 Å². The van der Waals surface area contributed by atoms with E-state index >= 15 is 0 Å². The highest BCUT2D eigenvalue weighted by Gasteiger charge is 2.14. The lowest BCUT2D eigenvalue weighted by atomic mass is 9.87. The molecule has 0 aromatic heterocycles. The maximum Gasteiger partial charge on any atom is 0.101 e. The molecule has 0 saturated heterocycles. The summed E-state index contributed by atoms with van der Waals surface area (Å²) in [6.45, 7) is 1.97. The summed E-state index contributed by atoms with van der Waals surface area (Å²) < 4.78 is 0. The average molecular weight is 214 g/mol. The molecule has 1 N–H and O–H groups in total. The summed E-state index contributed by atoms with van der Waals surface area (Å²) in [7, 11) is 0. The van der Waals surface area contributed by atoms with Crippen molar-refractivity contribution in [3.8, 4) is 0 Å². The Bertz CT molecular complexity index is 421. The summed E-state index contributed by atoms with van der Waals surface area (Å²) in [5.41, 5.74) is 4.66. The van der Waals surface area contributed by atoms with Crippen LogP contribution in [0.4, 0.5) is 0 Å². The number of hydrogen-bond donors (Lipinski definition) is 1. The molecule has 2 nitrogen and oxygen atoms in total. The molecule has 1 aliphatic heterocycles. The van der Waals surface area contributed by atoms with E-state index < -0.39 is 0 Å². The third-order valence-electron chi connectivity index (χ3n) is 3.59. The molecule has 2 aliphatic rings. The van der Waals surface area contributed by atoms with Crippen LogP contribution >= 0.6 is 0 Å². The third-order valence-corrected chi connectivity index (χ3v) is 3.59. The Labute approximate surface area is 96.8 Å². The van der Waals surface area contributed by atoms with Gasteiger partial charge in [-0.05, 0) is 42.4 Å². The molecular formula is C14H18N2. The molecule has 84 valence electrons. The molecule has 1 heterocycles. The van der Waals surface area contributed by atoms with Crippen molar-refractivity contribution in [2.75, 3.05) is 13.1 Å². The van der Waals surface area contributed by atoms with E-state index in [9.17, 15) is 0 Å². The molecule has 0 bridgehead atoms. The van der Waals surface area contributed by atoms with Crippen molar-refractivity contribution >= 4 is 5.84 Å². The molecule has 0 atom stereocenters. The second kappa shape index (κ2) is 4.28. The summed E-state index contributed by atoms with van der Waals surface area (Å²) in [6, 6.07) is 6.77. The number of nitrogens with zero attached hydrogens (tertiary/aromatic N) is 1. The molecule has 0 spiro atoms. The van der Waals surface area contributed by atoms with Crippen molar-refractivity contribution in [2.24, 2.45) is 4.99 Å². The van der Waals surface area contributed by atoms with E-state index in [-0.39, 0.29) is 0 Å². The zero-order chi connectivity index (χ0) is 10.8. The van der Waals surface area contributed by atoms with E-state index in [1.807, 2.05) is 0 Å². The van der Waals surface area contributed by atoms with Crippen LogP contribution in [-0.4, -0.2) is 18.9 Å². The Morgan fingerprint density at radius 1 is 1.19 bits per heavy atom. The number of fused-ring (bicyclic) bond motifs is 1. The molecule has 1 aromatic carbocycles. The minimum Gasteiger partial charge on any atom is -0.372 e. The zero-order valence-electron chi connectivity index (χ0n) is 9.63. The number of aryl methyl sites for hydroxylation is 1. The SMILES string of the molecule is c1cc2c(c(CC3=NCCN3)c1)CCCC2. The van der Waals surface area contributed by atoms with Crippen molar-refractivity contribution < 1.29 is 0 Å². The Morgan fingerprint density at radius 3 is 3.00 bits per heavy atom. The minimum atomic E-state index is 0.949. The first-order valence-electron chi connectivity index (χ1n) is 6.30. The van der Waals surface area contributed by atoms with Crippen molar-refractivity contribution in [1.82, 2.24) is 5.32 Å². The summed E-state index contributed by atoms with van der Waals surface area (Å²) in [5.74, 6) is 1.18. The van der Waals surface area contributed by atoms with E-state index in [4.69, 9.17) is 0 Å². The predicted octanol–water partition coefficient (Wildman–Crippen LogP) is 2.11. The number of aliphatic imine (C=N–C) groups is 1. The number of hydrogen-bond acceptors (Lipinski definition) is 2. The van der Waals surface area contributed by atoms with E-state index in [2.05, 4.69) is 28.5 Å². The first-order chi connectivity index (χ1) is 7.93. The van der Waals surface area contributed by atoms with Crippen LogP contribution < -0.4 is 5.32 Å². The standard InChI is InChI=1S/C14H18N2/c1-2-7-13-11(4-1)5-3-6-12(13)10-14-15-8-9-16-14/h3,5-6H,1-2,4,7-10H2,(H,15,16). The van der Waals surface area contributed by atoms with E-state index in [1.165, 1.54) is 37.1 Å². The van der Waals surface area contributed by atoms with Crippen molar-refractivity contribution in [1.29, 1.82) is 0 Å². The smallest absolute Gasteiger partial charge is 0.101 e. The minimum absolute atomic E-state index is 0.949. The summed E-state index contributed by atoms with van der Waals surface area (Å²) in [6.07, 6.45) is 6.24. The van der Waals surface area contributed by atoms with Gasteiger partial charge in [-0.25, -0.2) is 0 Å². The van der Waals surface area contributed by atoms with Gasteiger partial charge in [-0.2, -0.15) is 0 Å². The molecule has 0 amide bonds. The van der Waals surface area contributed by atoms with Gasteiger partial charge in [0.1, 0.15) is 5.84 Å². The van der Waals surface area contributed by atoms with Crippen LogP contribution in [0.2, 0.25) is 0 Å². The van der Waals surface area contributed by atoms with Gasteiger partial charge in [0.15, 0.2) is 0 Å². The predicted molar refractivity (Wildman–Crippen MR) is 67.1 cm³/mol. The van der Waals surface area contributed by atoms with Crippen LogP contribution in [0.15, 0.2) is 23.2 Å². The zero-order valence-corrected chi connectivity index (χ0v) is 9.63. The lowest BCUT2D eigenvalue weighted by molar-refractivity contribution is 0.680. The maximum atomic E-state index is 4.49. The molecule has 3 rings (SSSR count). The molecule has 2 heteroatoms. The molecular weight excluding hydrogens is 196 g/mol. The molecule has 0 unspecified atom stereocenters. The van der Waals surface area contributed by atoms with Gasteiger partial charge in [-0.1, -0.05) is 18.2 Å². The molecule has 1 aliphatic carbocycles. The topological polar surface area (TPSA) is 24.4 Å². The highest BCUT2D eigenvalue weighted by atomic mass is 15.1.